The number of carbonyl (C=O) groups is 1. The Morgan fingerprint density at radius 2 is 1.93 bits per heavy atom. The van der Waals surface area contributed by atoms with Crippen LogP contribution in [0.5, 0.6) is 5.75 Å². The number of piperidine rings is 1. The third-order valence-corrected chi connectivity index (χ3v) is 6.22. The van der Waals surface area contributed by atoms with Crippen molar-refractivity contribution in [1.82, 2.24) is 14.7 Å². The molecular formula is C25H41N3O2. The normalized spacial score (nSPS) is 20.9. The van der Waals surface area contributed by atoms with Crippen molar-refractivity contribution in [1.29, 1.82) is 0 Å². The van der Waals surface area contributed by atoms with Gasteiger partial charge < -0.3 is 9.64 Å². The summed E-state index contributed by atoms with van der Waals surface area (Å²) in [5, 5.41) is 0. The van der Waals surface area contributed by atoms with Crippen molar-refractivity contribution < 1.29 is 9.53 Å². The quantitative estimate of drug-likeness (QED) is 0.703. The van der Waals surface area contributed by atoms with Crippen LogP contribution in [-0.2, 0) is 17.9 Å². The summed E-state index contributed by atoms with van der Waals surface area (Å²) < 4.78 is 6.03. The van der Waals surface area contributed by atoms with E-state index in [-0.39, 0.29) is 11.3 Å². The molecule has 3 rings (SSSR count). The van der Waals surface area contributed by atoms with Crippen molar-refractivity contribution in [3.8, 4) is 5.75 Å². The van der Waals surface area contributed by atoms with Crippen molar-refractivity contribution in [3.05, 3.63) is 29.3 Å². The smallest absolute Gasteiger partial charge is 0.226 e. The predicted octanol–water partition coefficient (Wildman–Crippen LogP) is 4.01. The van der Waals surface area contributed by atoms with E-state index in [2.05, 4.69) is 62.6 Å². The summed E-state index contributed by atoms with van der Waals surface area (Å²) >= 11 is 0. The number of amides is 1. The van der Waals surface area contributed by atoms with Crippen molar-refractivity contribution in [2.24, 2.45) is 11.3 Å². The molecule has 1 aromatic carbocycles. The second-order valence-corrected chi connectivity index (χ2v) is 10.1. The van der Waals surface area contributed by atoms with Gasteiger partial charge in [-0.2, -0.15) is 0 Å². The van der Waals surface area contributed by atoms with Gasteiger partial charge in [-0.25, -0.2) is 0 Å². The first-order chi connectivity index (χ1) is 14.3. The standard InChI is InChI=1S/C25H41N3O2/c1-6-28(7-2)24(29)21-9-8-12-26(17-21)16-20-10-11-23-22(15-20)18-27(13-14-30-23)19-25(3,4)5/h10-11,15,21H,6-9,12-14,16-19H2,1-5H3/t21-/m1/s1. The fourth-order valence-electron chi connectivity index (χ4n) is 4.86. The summed E-state index contributed by atoms with van der Waals surface area (Å²) in [5.41, 5.74) is 2.90. The van der Waals surface area contributed by atoms with Crippen LogP contribution in [-0.4, -0.2) is 66.5 Å². The number of fused-ring (bicyclic) bond motifs is 1. The molecule has 2 heterocycles. The molecule has 0 bridgehead atoms. The van der Waals surface area contributed by atoms with Crippen LogP contribution in [0.1, 0.15) is 58.6 Å². The van der Waals surface area contributed by atoms with E-state index in [9.17, 15) is 4.79 Å². The highest BCUT2D eigenvalue weighted by Crippen LogP contribution is 2.28. The molecule has 2 aliphatic heterocycles. The molecule has 0 spiro atoms. The van der Waals surface area contributed by atoms with Gasteiger partial charge in [0.25, 0.3) is 0 Å². The summed E-state index contributed by atoms with van der Waals surface area (Å²) in [5.74, 6) is 1.51. The average molecular weight is 416 g/mol. The third-order valence-electron chi connectivity index (χ3n) is 6.22. The molecular weight excluding hydrogens is 374 g/mol. The molecule has 1 saturated heterocycles. The number of nitrogens with zero attached hydrogens (tertiary/aromatic N) is 3. The lowest BCUT2D eigenvalue weighted by molar-refractivity contribution is -0.137. The topological polar surface area (TPSA) is 36.0 Å². The molecule has 2 aliphatic rings. The van der Waals surface area contributed by atoms with Crippen LogP contribution in [0.4, 0.5) is 0 Å². The lowest BCUT2D eigenvalue weighted by Crippen LogP contribution is -2.44. The summed E-state index contributed by atoms with van der Waals surface area (Å²) in [6.07, 6.45) is 2.12. The van der Waals surface area contributed by atoms with Crippen LogP contribution in [0, 0.1) is 11.3 Å². The van der Waals surface area contributed by atoms with Crippen LogP contribution in [0.15, 0.2) is 18.2 Å². The second-order valence-electron chi connectivity index (χ2n) is 10.1. The van der Waals surface area contributed by atoms with E-state index in [0.717, 1.165) is 77.6 Å². The predicted molar refractivity (Wildman–Crippen MR) is 123 cm³/mol. The van der Waals surface area contributed by atoms with Gasteiger partial charge in [0, 0.05) is 51.4 Å². The number of rotatable bonds is 6. The maximum Gasteiger partial charge on any atom is 0.226 e. The first-order valence-corrected chi connectivity index (χ1v) is 11.8. The fourth-order valence-corrected chi connectivity index (χ4v) is 4.86. The Labute approximate surface area is 183 Å². The molecule has 0 saturated carbocycles. The maximum absolute atomic E-state index is 12.8. The first-order valence-electron chi connectivity index (χ1n) is 11.8. The van der Waals surface area contributed by atoms with Crippen molar-refractivity contribution in [2.45, 2.75) is 60.5 Å². The number of benzene rings is 1. The monoisotopic (exact) mass is 415 g/mol. The zero-order valence-corrected chi connectivity index (χ0v) is 19.7. The van der Waals surface area contributed by atoms with Gasteiger partial charge in [-0.15, -0.1) is 0 Å². The number of hydrogen-bond acceptors (Lipinski definition) is 4. The van der Waals surface area contributed by atoms with Crippen molar-refractivity contribution >= 4 is 5.91 Å². The zero-order chi connectivity index (χ0) is 21.7. The lowest BCUT2D eigenvalue weighted by atomic mass is 9.95. The van der Waals surface area contributed by atoms with E-state index < -0.39 is 0 Å². The SMILES string of the molecule is CCN(CC)C(=O)[C@@H]1CCCN(Cc2ccc3c(c2)CN(CC(C)(C)C)CCO3)C1. The Morgan fingerprint density at radius 3 is 2.63 bits per heavy atom. The molecule has 168 valence electrons. The molecule has 30 heavy (non-hydrogen) atoms. The van der Waals surface area contributed by atoms with E-state index in [1.54, 1.807) is 0 Å². The van der Waals surface area contributed by atoms with Crippen LogP contribution < -0.4 is 4.74 Å². The van der Waals surface area contributed by atoms with Gasteiger partial charge in [0.05, 0.1) is 5.92 Å². The number of hydrogen-bond donors (Lipinski definition) is 0. The van der Waals surface area contributed by atoms with Crippen molar-refractivity contribution in [2.75, 3.05) is 45.9 Å². The highest BCUT2D eigenvalue weighted by Gasteiger charge is 2.28. The molecule has 5 heteroatoms. The van der Waals surface area contributed by atoms with Crippen LogP contribution in [0.3, 0.4) is 0 Å². The molecule has 1 fully saturated rings. The third kappa shape index (κ3) is 6.21. The lowest BCUT2D eigenvalue weighted by Gasteiger charge is -2.34. The zero-order valence-electron chi connectivity index (χ0n) is 19.7. The number of carbonyl (C=O) groups excluding carboxylic acids is 1. The molecule has 0 radical (unpaired) electrons. The van der Waals surface area contributed by atoms with E-state index in [1.165, 1.54) is 11.1 Å². The summed E-state index contributed by atoms with van der Waals surface area (Å²) in [6.45, 7) is 19.2. The molecule has 0 unspecified atom stereocenters. The average Bonchev–Trinajstić information content (AvgIpc) is 2.88. The second kappa shape index (κ2) is 10.1. The van der Waals surface area contributed by atoms with Gasteiger partial charge >= 0.3 is 0 Å². The van der Waals surface area contributed by atoms with Gasteiger partial charge in [-0.05, 0) is 56.3 Å². The van der Waals surface area contributed by atoms with Gasteiger partial charge in [-0.3, -0.25) is 14.6 Å². The van der Waals surface area contributed by atoms with E-state index in [1.807, 2.05) is 4.90 Å². The fraction of sp³-hybridized carbons (Fsp3) is 0.720. The minimum Gasteiger partial charge on any atom is -0.492 e. The van der Waals surface area contributed by atoms with E-state index in [4.69, 9.17) is 4.74 Å². The Hall–Kier alpha value is -1.59. The number of likely N-dealkylation sites (tertiary alicyclic amines) is 1. The molecule has 0 N–H and O–H groups in total. The molecule has 5 nitrogen and oxygen atoms in total. The minimum atomic E-state index is 0.144. The Bertz CT molecular complexity index is 709. The summed E-state index contributed by atoms with van der Waals surface area (Å²) in [6, 6.07) is 6.67. The van der Waals surface area contributed by atoms with Crippen molar-refractivity contribution in [3.63, 3.8) is 0 Å². The van der Waals surface area contributed by atoms with Gasteiger partial charge in [0.1, 0.15) is 12.4 Å². The maximum atomic E-state index is 12.8. The summed E-state index contributed by atoms with van der Waals surface area (Å²) in [4.78, 5) is 19.8. The van der Waals surface area contributed by atoms with Crippen LogP contribution >= 0.6 is 0 Å². The Balaban J connectivity index is 1.65. The van der Waals surface area contributed by atoms with Crippen LogP contribution in [0.2, 0.25) is 0 Å². The minimum absolute atomic E-state index is 0.144. The highest BCUT2D eigenvalue weighted by atomic mass is 16.5. The van der Waals surface area contributed by atoms with Crippen LogP contribution in [0.25, 0.3) is 0 Å². The summed E-state index contributed by atoms with van der Waals surface area (Å²) in [7, 11) is 0. The first kappa shape index (κ1) is 23.1. The van der Waals surface area contributed by atoms with E-state index >= 15 is 0 Å². The molecule has 0 aliphatic carbocycles. The molecule has 1 atom stereocenters. The molecule has 1 amide bonds. The number of ether oxygens (including phenoxy) is 1. The Kier molecular flexibility index (Phi) is 7.81. The molecule has 0 aromatic heterocycles. The van der Waals surface area contributed by atoms with Gasteiger partial charge in [0.2, 0.25) is 5.91 Å². The van der Waals surface area contributed by atoms with Gasteiger partial charge in [0.15, 0.2) is 0 Å². The van der Waals surface area contributed by atoms with Gasteiger partial charge in [-0.1, -0.05) is 26.8 Å². The largest absolute Gasteiger partial charge is 0.492 e. The molecule has 1 aromatic rings. The highest BCUT2D eigenvalue weighted by molar-refractivity contribution is 5.79. The Morgan fingerprint density at radius 1 is 1.17 bits per heavy atom. The van der Waals surface area contributed by atoms with E-state index in [0.29, 0.717) is 5.91 Å².